The molecule has 1 amide bonds. The largest absolute Gasteiger partial charge is 0.478 e. The standard InChI is InChI=1S/C19H21N3O5S2/c23-17(12-28-18-16(19(24)25)6-3-11-20-18)21-13-7-9-15(10-8-13)29(26,27)22-14-4-1-2-5-14/h3,6-11,14,22H,1-2,4-5,12H2,(H,21,23)(H,24,25). The van der Waals surface area contributed by atoms with Gasteiger partial charge in [0.2, 0.25) is 15.9 Å². The molecule has 3 N–H and O–H groups in total. The minimum absolute atomic E-state index is 0.0151. The Hall–Kier alpha value is -2.43. The van der Waals surface area contributed by atoms with E-state index in [1.54, 1.807) is 0 Å². The Morgan fingerprint density at radius 3 is 2.48 bits per heavy atom. The van der Waals surface area contributed by atoms with Crippen LogP contribution in [-0.2, 0) is 14.8 Å². The van der Waals surface area contributed by atoms with Gasteiger partial charge in [0.1, 0.15) is 5.03 Å². The van der Waals surface area contributed by atoms with Crippen LogP contribution in [0, 0.1) is 0 Å². The van der Waals surface area contributed by atoms with Crippen LogP contribution < -0.4 is 10.0 Å². The number of nitrogens with zero attached hydrogens (tertiary/aromatic N) is 1. The minimum Gasteiger partial charge on any atom is -0.478 e. The Morgan fingerprint density at radius 2 is 1.83 bits per heavy atom. The summed E-state index contributed by atoms with van der Waals surface area (Å²) in [6, 6.07) is 8.87. The summed E-state index contributed by atoms with van der Waals surface area (Å²) in [7, 11) is -3.58. The van der Waals surface area contributed by atoms with Gasteiger partial charge in [-0.15, -0.1) is 0 Å². The second-order valence-corrected chi connectivity index (χ2v) is 9.30. The molecule has 0 radical (unpaired) electrons. The zero-order valence-corrected chi connectivity index (χ0v) is 17.1. The van der Waals surface area contributed by atoms with Crippen LogP contribution in [0.5, 0.6) is 0 Å². The van der Waals surface area contributed by atoms with Crippen LogP contribution in [0.25, 0.3) is 0 Å². The van der Waals surface area contributed by atoms with Crippen molar-refractivity contribution in [2.75, 3.05) is 11.1 Å². The van der Waals surface area contributed by atoms with Crippen molar-refractivity contribution in [2.45, 2.75) is 41.6 Å². The number of hydrogen-bond acceptors (Lipinski definition) is 6. The van der Waals surface area contributed by atoms with Crippen LogP contribution in [0.2, 0.25) is 0 Å². The van der Waals surface area contributed by atoms with Gasteiger partial charge in [0.05, 0.1) is 16.2 Å². The number of benzene rings is 1. The van der Waals surface area contributed by atoms with Crippen molar-refractivity contribution < 1.29 is 23.1 Å². The molecule has 8 nitrogen and oxygen atoms in total. The number of thioether (sulfide) groups is 1. The Balaban J connectivity index is 1.57. The van der Waals surface area contributed by atoms with E-state index in [4.69, 9.17) is 5.11 Å². The van der Waals surface area contributed by atoms with E-state index >= 15 is 0 Å². The molecule has 0 spiro atoms. The molecule has 154 valence electrons. The fraction of sp³-hybridized carbons (Fsp3) is 0.316. The van der Waals surface area contributed by atoms with Gasteiger partial charge in [-0.1, -0.05) is 24.6 Å². The van der Waals surface area contributed by atoms with E-state index in [-0.39, 0.29) is 33.2 Å². The minimum atomic E-state index is -3.58. The number of amides is 1. The predicted octanol–water partition coefficient (Wildman–Crippen LogP) is 2.73. The lowest BCUT2D eigenvalue weighted by atomic mass is 10.3. The van der Waals surface area contributed by atoms with Gasteiger partial charge in [0, 0.05) is 17.9 Å². The van der Waals surface area contributed by atoms with E-state index in [1.165, 1.54) is 42.6 Å². The number of pyridine rings is 1. The quantitative estimate of drug-likeness (QED) is 0.544. The van der Waals surface area contributed by atoms with Gasteiger partial charge in [-0.2, -0.15) is 0 Å². The molecule has 1 aliphatic rings. The first-order valence-corrected chi connectivity index (χ1v) is 11.6. The summed E-state index contributed by atoms with van der Waals surface area (Å²) in [6.07, 6.45) is 5.23. The first-order chi connectivity index (χ1) is 13.8. The molecule has 29 heavy (non-hydrogen) atoms. The molecule has 1 aliphatic carbocycles. The van der Waals surface area contributed by atoms with Crippen molar-refractivity contribution >= 4 is 39.3 Å². The summed E-state index contributed by atoms with van der Waals surface area (Å²) in [5.41, 5.74) is 0.490. The van der Waals surface area contributed by atoms with Crippen LogP contribution in [0.3, 0.4) is 0 Å². The Kier molecular flexibility index (Phi) is 6.88. The van der Waals surface area contributed by atoms with Gasteiger partial charge in [-0.25, -0.2) is 22.9 Å². The number of carboxylic acid groups (broad SMARTS) is 1. The van der Waals surface area contributed by atoms with E-state index in [1.807, 2.05) is 0 Å². The zero-order valence-electron chi connectivity index (χ0n) is 15.5. The van der Waals surface area contributed by atoms with Gasteiger partial charge in [-0.3, -0.25) is 4.79 Å². The molecule has 0 aliphatic heterocycles. The second-order valence-electron chi connectivity index (χ2n) is 6.63. The lowest BCUT2D eigenvalue weighted by molar-refractivity contribution is -0.113. The summed E-state index contributed by atoms with van der Waals surface area (Å²) >= 11 is 1.02. The van der Waals surface area contributed by atoms with Crippen LogP contribution in [-0.4, -0.2) is 42.2 Å². The number of carboxylic acids is 1. The maximum Gasteiger partial charge on any atom is 0.338 e. The monoisotopic (exact) mass is 435 g/mol. The van der Waals surface area contributed by atoms with E-state index in [0.29, 0.717) is 5.69 Å². The van der Waals surface area contributed by atoms with E-state index < -0.39 is 16.0 Å². The molecule has 0 bridgehead atoms. The number of sulfonamides is 1. The van der Waals surface area contributed by atoms with Crippen molar-refractivity contribution in [3.63, 3.8) is 0 Å². The average molecular weight is 436 g/mol. The van der Waals surface area contributed by atoms with Crippen molar-refractivity contribution in [3.8, 4) is 0 Å². The van der Waals surface area contributed by atoms with E-state index in [2.05, 4.69) is 15.0 Å². The lowest BCUT2D eigenvalue weighted by Gasteiger charge is -2.13. The number of hydrogen-bond donors (Lipinski definition) is 3. The predicted molar refractivity (Wildman–Crippen MR) is 110 cm³/mol. The molecule has 1 fully saturated rings. The summed E-state index contributed by atoms with van der Waals surface area (Å²) in [6.45, 7) is 0. The molecule has 0 atom stereocenters. The number of carbonyl (C=O) groups is 2. The molecular weight excluding hydrogens is 414 g/mol. The number of carbonyl (C=O) groups excluding carboxylic acids is 1. The molecule has 1 heterocycles. The van der Waals surface area contributed by atoms with Crippen LogP contribution in [0.4, 0.5) is 5.69 Å². The van der Waals surface area contributed by atoms with Crippen molar-refractivity contribution in [1.29, 1.82) is 0 Å². The van der Waals surface area contributed by atoms with Crippen LogP contribution >= 0.6 is 11.8 Å². The Morgan fingerprint density at radius 1 is 1.14 bits per heavy atom. The third-order valence-electron chi connectivity index (χ3n) is 4.47. The summed E-state index contributed by atoms with van der Waals surface area (Å²) in [4.78, 5) is 27.4. The highest BCUT2D eigenvalue weighted by molar-refractivity contribution is 8.00. The number of nitrogens with one attached hydrogen (secondary N) is 2. The molecule has 2 aromatic rings. The molecule has 1 aromatic carbocycles. The molecule has 1 aromatic heterocycles. The third kappa shape index (κ3) is 5.78. The van der Waals surface area contributed by atoms with Crippen molar-refractivity contribution in [1.82, 2.24) is 9.71 Å². The molecule has 0 unspecified atom stereocenters. The molecule has 10 heteroatoms. The number of aromatic nitrogens is 1. The maximum absolute atomic E-state index is 12.4. The second kappa shape index (κ2) is 9.38. The summed E-state index contributed by atoms with van der Waals surface area (Å²) < 4.78 is 27.5. The number of anilines is 1. The Bertz CT molecular complexity index is 987. The highest BCUT2D eigenvalue weighted by atomic mass is 32.2. The first kappa shape index (κ1) is 21.3. The fourth-order valence-corrected chi connectivity index (χ4v) is 5.14. The molecule has 3 rings (SSSR count). The van der Waals surface area contributed by atoms with E-state index in [0.717, 1.165) is 37.4 Å². The summed E-state index contributed by atoms with van der Waals surface area (Å²) in [5.74, 6) is -1.48. The topological polar surface area (TPSA) is 125 Å². The normalized spacial score (nSPS) is 14.6. The molecule has 1 saturated carbocycles. The zero-order chi connectivity index (χ0) is 20.9. The fourth-order valence-electron chi connectivity index (χ4n) is 3.05. The van der Waals surface area contributed by atoms with Crippen molar-refractivity contribution in [2.24, 2.45) is 0 Å². The van der Waals surface area contributed by atoms with Crippen LogP contribution in [0.15, 0.2) is 52.5 Å². The Labute approximate surface area is 173 Å². The smallest absolute Gasteiger partial charge is 0.338 e. The maximum atomic E-state index is 12.4. The number of rotatable bonds is 8. The highest BCUT2D eigenvalue weighted by Gasteiger charge is 2.22. The number of aromatic carboxylic acids is 1. The van der Waals surface area contributed by atoms with Gasteiger partial charge < -0.3 is 10.4 Å². The van der Waals surface area contributed by atoms with Gasteiger partial charge in [0.25, 0.3) is 0 Å². The molecular formula is C19H21N3O5S2. The molecule has 0 saturated heterocycles. The van der Waals surface area contributed by atoms with Crippen molar-refractivity contribution in [3.05, 3.63) is 48.2 Å². The average Bonchev–Trinajstić information content (AvgIpc) is 3.19. The SMILES string of the molecule is O=C(CSc1ncccc1C(=O)O)Nc1ccc(S(=O)(=O)NC2CCCC2)cc1. The van der Waals surface area contributed by atoms with Gasteiger partial charge in [0.15, 0.2) is 0 Å². The third-order valence-corrected chi connectivity index (χ3v) is 7.01. The lowest BCUT2D eigenvalue weighted by Crippen LogP contribution is -2.32. The first-order valence-electron chi connectivity index (χ1n) is 9.08. The van der Waals surface area contributed by atoms with E-state index in [9.17, 15) is 18.0 Å². The summed E-state index contributed by atoms with van der Waals surface area (Å²) in [5, 5.41) is 12.1. The van der Waals surface area contributed by atoms with Gasteiger partial charge >= 0.3 is 5.97 Å². The van der Waals surface area contributed by atoms with Gasteiger partial charge in [-0.05, 0) is 49.2 Å². The van der Waals surface area contributed by atoms with Crippen LogP contribution in [0.1, 0.15) is 36.0 Å². The highest BCUT2D eigenvalue weighted by Crippen LogP contribution is 2.22.